The number of halogens is 1. The summed E-state index contributed by atoms with van der Waals surface area (Å²) in [7, 11) is -3.51. The van der Waals surface area contributed by atoms with Gasteiger partial charge in [0.2, 0.25) is 0 Å². The molecule has 0 saturated carbocycles. The summed E-state index contributed by atoms with van der Waals surface area (Å²) in [5.41, 5.74) is 1.26. The van der Waals surface area contributed by atoms with Crippen molar-refractivity contribution in [2.45, 2.75) is 19.6 Å². The topological polar surface area (TPSA) is 47.6 Å². The molecule has 2 rings (SSSR count). The lowest BCUT2D eigenvalue weighted by molar-refractivity contribution is 0.214. The Morgan fingerprint density at radius 1 is 1.04 bits per heavy atom. The number of benzene rings is 2. The first-order valence-electron chi connectivity index (χ1n) is 7.55. The van der Waals surface area contributed by atoms with Crippen LogP contribution in [0.4, 0.5) is 10.1 Å². The predicted octanol–water partition coefficient (Wildman–Crippen LogP) is 5.20. The maximum absolute atomic E-state index is 13.6. The van der Waals surface area contributed by atoms with E-state index in [-0.39, 0.29) is 13.2 Å². The Hall–Kier alpha value is -1.68. The van der Waals surface area contributed by atoms with Crippen LogP contribution in [0.15, 0.2) is 54.6 Å². The molecule has 0 aliphatic carbocycles. The number of rotatable bonds is 8. The van der Waals surface area contributed by atoms with Crippen LogP contribution in [-0.2, 0) is 13.6 Å². The highest BCUT2D eigenvalue weighted by atomic mass is 31.2. The highest BCUT2D eigenvalue weighted by Gasteiger charge is 2.37. The lowest BCUT2D eigenvalue weighted by Crippen LogP contribution is -2.15. The molecule has 124 valence electrons. The largest absolute Gasteiger partial charge is 0.368 e. The van der Waals surface area contributed by atoms with Gasteiger partial charge in [-0.25, -0.2) is 4.39 Å². The van der Waals surface area contributed by atoms with E-state index in [2.05, 4.69) is 5.32 Å². The Labute approximate surface area is 136 Å². The first-order chi connectivity index (χ1) is 11.1. The van der Waals surface area contributed by atoms with Gasteiger partial charge in [-0.05, 0) is 43.7 Å². The smallest absolute Gasteiger partial charge is 0.357 e. The number of nitrogens with one attached hydrogen (secondary N) is 1. The van der Waals surface area contributed by atoms with E-state index in [0.717, 1.165) is 5.69 Å². The van der Waals surface area contributed by atoms with Crippen molar-refractivity contribution in [3.8, 4) is 0 Å². The monoisotopic (exact) mass is 337 g/mol. The molecule has 23 heavy (non-hydrogen) atoms. The summed E-state index contributed by atoms with van der Waals surface area (Å²) in [5.74, 6) is -1.19. The van der Waals surface area contributed by atoms with E-state index in [0.29, 0.717) is 5.56 Å². The summed E-state index contributed by atoms with van der Waals surface area (Å²) in [4.78, 5) is 0. The second-order valence-corrected chi connectivity index (χ2v) is 6.96. The zero-order valence-corrected chi connectivity index (χ0v) is 14.1. The SMILES string of the molecule is CCOP(=O)(OCC)C(Nc1ccccc1)c1cccc(F)c1. The number of para-hydroxylation sites is 1. The molecule has 0 aliphatic rings. The van der Waals surface area contributed by atoms with Crippen LogP contribution in [0.1, 0.15) is 25.2 Å². The van der Waals surface area contributed by atoms with Gasteiger partial charge in [-0.15, -0.1) is 0 Å². The summed E-state index contributed by atoms with van der Waals surface area (Å²) in [6.45, 7) is 3.97. The molecule has 2 aromatic carbocycles. The third kappa shape index (κ3) is 4.64. The van der Waals surface area contributed by atoms with Gasteiger partial charge in [-0.3, -0.25) is 4.57 Å². The molecule has 0 aliphatic heterocycles. The van der Waals surface area contributed by atoms with E-state index in [1.54, 1.807) is 26.0 Å². The third-order valence-corrected chi connectivity index (χ3v) is 5.47. The van der Waals surface area contributed by atoms with Gasteiger partial charge in [0.1, 0.15) is 5.82 Å². The van der Waals surface area contributed by atoms with Crippen molar-refractivity contribution in [1.82, 2.24) is 0 Å². The van der Waals surface area contributed by atoms with E-state index in [4.69, 9.17) is 9.05 Å². The molecule has 0 heterocycles. The van der Waals surface area contributed by atoms with Gasteiger partial charge in [0.15, 0.2) is 5.78 Å². The Bertz CT molecular complexity index is 656. The fourth-order valence-corrected chi connectivity index (χ4v) is 4.19. The summed E-state index contributed by atoms with van der Waals surface area (Å²) >= 11 is 0. The van der Waals surface area contributed by atoms with Crippen molar-refractivity contribution in [3.63, 3.8) is 0 Å². The van der Waals surface area contributed by atoms with E-state index in [1.807, 2.05) is 30.3 Å². The van der Waals surface area contributed by atoms with Gasteiger partial charge in [0, 0.05) is 5.69 Å². The van der Waals surface area contributed by atoms with Crippen molar-refractivity contribution in [3.05, 3.63) is 66.0 Å². The lowest BCUT2D eigenvalue weighted by atomic mass is 10.2. The molecule has 1 atom stereocenters. The Morgan fingerprint density at radius 3 is 2.26 bits per heavy atom. The van der Waals surface area contributed by atoms with Crippen molar-refractivity contribution in [2.75, 3.05) is 18.5 Å². The van der Waals surface area contributed by atoms with Crippen molar-refractivity contribution < 1.29 is 18.0 Å². The number of anilines is 1. The number of hydrogen-bond acceptors (Lipinski definition) is 4. The normalized spacial score (nSPS) is 12.8. The number of hydrogen-bond donors (Lipinski definition) is 1. The first kappa shape index (κ1) is 17.7. The molecule has 0 fully saturated rings. The second kappa shape index (κ2) is 8.25. The molecule has 0 saturated heterocycles. The highest BCUT2D eigenvalue weighted by Crippen LogP contribution is 2.60. The van der Waals surface area contributed by atoms with Crippen LogP contribution < -0.4 is 5.32 Å². The van der Waals surface area contributed by atoms with Gasteiger partial charge in [-0.1, -0.05) is 30.3 Å². The van der Waals surface area contributed by atoms with Gasteiger partial charge in [-0.2, -0.15) is 0 Å². The van der Waals surface area contributed by atoms with Gasteiger partial charge in [0.05, 0.1) is 13.2 Å². The molecule has 6 heteroatoms. The van der Waals surface area contributed by atoms with Crippen LogP contribution in [0.25, 0.3) is 0 Å². The summed E-state index contributed by atoms with van der Waals surface area (Å²) in [6, 6.07) is 15.2. The molecule has 0 amide bonds. The van der Waals surface area contributed by atoms with Crippen molar-refractivity contribution in [2.24, 2.45) is 0 Å². The van der Waals surface area contributed by atoms with Gasteiger partial charge in [0.25, 0.3) is 0 Å². The standard InChI is InChI=1S/C17H21FNO3P/c1-3-21-23(20,22-4-2)17(14-9-8-10-15(18)13-14)19-16-11-6-5-7-12-16/h5-13,17,19H,3-4H2,1-2H3. The van der Waals surface area contributed by atoms with Crippen LogP contribution in [0.5, 0.6) is 0 Å². The van der Waals surface area contributed by atoms with Crippen LogP contribution in [0.2, 0.25) is 0 Å². The molecule has 0 bridgehead atoms. The second-order valence-electron chi connectivity index (χ2n) is 4.84. The minimum absolute atomic E-state index is 0.236. The zero-order valence-electron chi connectivity index (χ0n) is 13.2. The van der Waals surface area contributed by atoms with E-state index in [9.17, 15) is 8.96 Å². The molecule has 0 radical (unpaired) electrons. The van der Waals surface area contributed by atoms with E-state index < -0.39 is 19.2 Å². The molecular formula is C17H21FNO3P. The van der Waals surface area contributed by atoms with Crippen LogP contribution in [-0.4, -0.2) is 13.2 Å². The Kier molecular flexibility index (Phi) is 6.34. The summed E-state index contributed by atoms with van der Waals surface area (Å²) < 4.78 is 37.7. The first-order valence-corrected chi connectivity index (χ1v) is 9.16. The maximum Gasteiger partial charge on any atom is 0.357 e. The van der Waals surface area contributed by atoms with E-state index in [1.165, 1.54) is 12.1 Å². The average Bonchev–Trinajstić information content (AvgIpc) is 2.54. The van der Waals surface area contributed by atoms with Crippen LogP contribution in [0, 0.1) is 5.82 Å². The molecule has 4 nitrogen and oxygen atoms in total. The predicted molar refractivity (Wildman–Crippen MR) is 90.1 cm³/mol. The van der Waals surface area contributed by atoms with Crippen LogP contribution in [0.3, 0.4) is 0 Å². The molecule has 1 unspecified atom stereocenters. The minimum Gasteiger partial charge on any atom is -0.368 e. The summed E-state index contributed by atoms with van der Waals surface area (Å²) in [5, 5.41) is 3.15. The highest BCUT2D eigenvalue weighted by molar-refractivity contribution is 7.54. The quantitative estimate of drug-likeness (QED) is 0.672. The fraction of sp³-hybridized carbons (Fsp3) is 0.294. The molecule has 0 aromatic heterocycles. The zero-order chi connectivity index (χ0) is 16.7. The van der Waals surface area contributed by atoms with Gasteiger partial charge < -0.3 is 14.4 Å². The summed E-state index contributed by atoms with van der Waals surface area (Å²) in [6.07, 6.45) is 0. The average molecular weight is 337 g/mol. The van der Waals surface area contributed by atoms with Crippen molar-refractivity contribution >= 4 is 13.3 Å². The lowest BCUT2D eigenvalue weighted by Gasteiger charge is -2.28. The molecule has 1 N–H and O–H groups in total. The molecule has 2 aromatic rings. The Morgan fingerprint density at radius 2 is 1.70 bits per heavy atom. The van der Waals surface area contributed by atoms with Crippen molar-refractivity contribution in [1.29, 1.82) is 0 Å². The van der Waals surface area contributed by atoms with E-state index >= 15 is 0 Å². The maximum atomic E-state index is 13.6. The minimum atomic E-state index is -3.51. The molecule has 0 spiro atoms. The third-order valence-electron chi connectivity index (χ3n) is 3.18. The van der Waals surface area contributed by atoms with Gasteiger partial charge >= 0.3 is 7.60 Å². The fourth-order valence-electron chi connectivity index (χ4n) is 2.26. The molecular weight excluding hydrogens is 316 g/mol. The van der Waals surface area contributed by atoms with Crippen LogP contribution >= 0.6 is 7.60 Å². The Balaban J connectivity index is 2.43.